The molecule has 1 fully saturated rings. The van der Waals surface area contributed by atoms with Crippen LogP contribution in [-0.2, 0) is 4.74 Å². The number of ether oxygens (including phenoxy) is 1. The molecule has 0 amide bonds. The average molecular weight is 314 g/mol. The summed E-state index contributed by atoms with van der Waals surface area (Å²) >= 11 is 3.54. The molecule has 0 radical (unpaired) electrons. The SMILES string of the molecule is COCCN(c1ccc(C(C)O)c(Br)c1)C1CC1. The minimum atomic E-state index is -0.443. The normalized spacial score (nSPS) is 16.7. The lowest BCUT2D eigenvalue weighted by atomic mass is 10.1. The van der Waals surface area contributed by atoms with E-state index in [2.05, 4.69) is 33.0 Å². The molecule has 1 aliphatic rings. The summed E-state index contributed by atoms with van der Waals surface area (Å²) in [4.78, 5) is 2.39. The molecule has 0 aromatic heterocycles. The Kier molecular flexibility index (Phi) is 4.65. The summed E-state index contributed by atoms with van der Waals surface area (Å²) in [6.07, 6.45) is 2.08. The van der Waals surface area contributed by atoms with Gasteiger partial charge in [-0.15, -0.1) is 0 Å². The van der Waals surface area contributed by atoms with Crippen molar-refractivity contribution in [1.29, 1.82) is 0 Å². The number of halogens is 1. The van der Waals surface area contributed by atoms with Crippen molar-refractivity contribution in [2.45, 2.75) is 31.9 Å². The maximum atomic E-state index is 9.63. The molecule has 0 aliphatic heterocycles. The molecule has 1 unspecified atom stereocenters. The van der Waals surface area contributed by atoms with Gasteiger partial charge in [-0.05, 0) is 37.5 Å². The van der Waals surface area contributed by atoms with Crippen molar-refractivity contribution in [3.8, 4) is 0 Å². The molecule has 2 rings (SSSR count). The molecule has 4 heteroatoms. The Hall–Kier alpha value is -0.580. The summed E-state index contributed by atoms with van der Waals surface area (Å²) in [7, 11) is 1.73. The zero-order valence-electron chi connectivity index (χ0n) is 10.9. The monoisotopic (exact) mass is 313 g/mol. The van der Waals surface area contributed by atoms with Gasteiger partial charge in [-0.2, -0.15) is 0 Å². The minimum Gasteiger partial charge on any atom is -0.389 e. The van der Waals surface area contributed by atoms with E-state index in [9.17, 15) is 5.11 Å². The largest absolute Gasteiger partial charge is 0.389 e. The smallest absolute Gasteiger partial charge is 0.0772 e. The first-order valence-corrected chi connectivity index (χ1v) is 7.16. The summed E-state index contributed by atoms with van der Waals surface area (Å²) in [6, 6.07) is 6.83. The van der Waals surface area contributed by atoms with Crippen LogP contribution < -0.4 is 4.90 Å². The van der Waals surface area contributed by atoms with Gasteiger partial charge in [-0.3, -0.25) is 0 Å². The van der Waals surface area contributed by atoms with E-state index in [-0.39, 0.29) is 0 Å². The second-order valence-corrected chi connectivity index (χ2v) is 5.65. The molecule has 1 aromatic carbocycles. The van der Waals surface area contributed by atoms with Crippen LogP contribution in [-0.4, -0.2) is 31.4 Å². The molecule has 1 N–H and O–H groups in total. The van der Waals surface area contributed by atoms with E-state index in [0.29, 0.717) is 6.04 Å². The molecule has 18 heavy (non-hydrogen) atoms. The van der Waals surface area contributed by atoms with E-state index in [0.717, 1.165) is 23.2 Å². The topological polar surface area (TPSA) is 32.7 Å². The van der Waals surface area contributed by atoms with Gasteiger partial charge in [0.15, 0.2) is 0 Å². The predicted octanol–water partition coefficient (Wildman–Crippen LogP) is 3.12. The van der Waals surface area contributed by atoms with Crippen LogP contribution >= 0.6 is 15.9 Å². The van der Waals surface area contributed by atoms with Gasteiger partial charge in [-0.25, -0.2) is 0 Å². The van der Waals surface area contributed by atoms with Crippen LogP contribution in [0.25, 0.3) is 0 Å². The van der Waals surface area contributed by atoms with Crippen molar-refractivity contribution in [1.82, 2.24) is 0 Å². The van der Waals surface area contributed by atoms with E-state index >= 15 is 0 Å². The van der Waals surface area contributed by atoms with Crippen LogP contribution in [0.2, 0.25) is 0 Å². The number of aliphatic hydroxyl groups excluding tert-OH is 1. The lowest BCUT2D eigenvalue weighted by molar-refractivity contribution is 0.198. The molecule has 100 valence electrons. The predicted molar refractivity (Wildman–Crippen MR) is 77.0 cm³/mol. The highest BCUT2D eigenvalue weighted by atomic mass is 79.9. The molecule has 0 spiro atoms. The van der Waals surface area contributed by atoms with Crippen molar-refractivity contribution in [2.24, 2.45) is 0 Å². The molecule has 0 heterocycles. The number of benzene rings is 1. The van der Waals surface area contributed by atoms with Crippen LogP contribution in [0, 0.1) is 0 Å². The lowest BCUT2D eigenvalue weighted by Crippen LogP contribution is -2.29. The lowest BCUT2D eigenvalue weighted by Gasteiger charge is -2.25. The van der Waals surface area contributed by atoms with Gasteiger partial charge in [-0.1, -0.05) is 22.0 Å². The van der Waals surface area contributed by atoms with Crippen LogP contribution in [0.4, 0.5) is 5.69 Å². The number of nitrogens with zero attached hydrogens (tertiary/aromatic N) is 1. The van der Waals surface area contributed by atoms with E-state index in [1.165, 1.54) is 18.5 Å². The fourth-order valence-electron chi connectivity index (χ4n) is 2.13. The van der Waals surface area contributed by atoms with Crippen molar-refractivity contribution in [3.63, 3.8) is 0 Å². The van der Waals surface area contributed by atoms with Gasteiger partial charge in [0.2, 0.25) is 0 Å². The molecule has 0 saturated heterocycles. The van der Waals surface area contributed by atoms with E-state index < -0.39 is 6.10 Å². The maximum Gasteiger partial charge on any atom is 0.0772 e. The maximum absolute atomic E-state index is 9.63. The Morgan fingerprint density at radius 2 is 2.22 bits per heavy atom. The first kappa shape index (κ1) is 13.8. The molecule has 0 bridgehead atoms. The first-order chi connectivity index (χ1) is 8.63. The van der Waals surface area contributed by atoms with Crippen molar-refractivity contribution >= 4 is 21.6 Å². The highest BCUT2D eigenvalue weighted by Gasteiger charge is 2.29. The molecule has 1 aliphatic carbocycles. The number of hydrogen-bond acceptors (Lipinski definition) is 3. The second kappa shape index (κ2) is 6.04. The Labute approximate surface area is 117 Å². The van der Waals surface area contributed by atoms with Crippen LogP contribution in [0.3, 0.4) is 0 Å². The van der Waals surface area contributed by atoms with Crippen LogP contribution in [0.15, 0.2) is 22.7 Å². The second-order valence-electron chi connectivity index (χ2n) is 4.80. The minimum absolute atomic E-state index is 0.443. The summed E-state index contributed by atoms with van der Waals surface area (Å²) in [5.74, 6) is 0. The molecule has 3 nitrogen and oxygen atoms in total. The fraction of sp³-hybridized carbons (Fsp3) is 0.571. The van der Waals surface area contributed by atoms with Crippen molar-refractivity contribution < 1.29 is 9.84 Å². The zero-order valence-corrected chi connectivity index (χ0v) is 12.5. The molecule has 1 saturated carbocycles. The number of methoxy groups -OCH3 is 1. The summed E-state index contributed by atoms with van der Waals surface area (Å²) in [5.41, 5.74) is 2.13. The molecular weight excluding hydrogens is 294 g/mol. The highest BCUT2D eigenvalue weighted by Crippen LogP contribution is 2.34. The average Bonchev–Trinajstić information content (AvgIpc) is 3.13. The Morgan fingerprint density at radius 1 is 1.50 bits per heavy atom. The quantitative estimate of drug-likeness (QED) is 0.876. The third-order valence-electron chi connectivity index (χ3n) is 3.29. The van der Waals surface area contributed by atoms with E-state index in [1.807, 2.05) is 6.07 Å². The standard InChI is InChI=1S/C14H20BrNO2/c1-10(17)13-6-5-12(9-14(13)15)16(7-8-18-2)11-3-4-11/h5-6,9-11,17H,3-4,7-8H2,1-2H3. The third kappa shape index (κ3) is 3.25. The fourth-order valence-corrected chi connectivity index (χ4v) is 2.83. The Balaban J connectivity index is 2.17. The van der Waals surface area contributed by atoms with Crippen LogP contribution in [0.5, 0.6) is 0 Å². The summed E-state index contributed by atoms with van der Waals surface area (Å²) in [5, 5.41) is 9.63. The number of anilines is 1. The van der Waals surface area contributed by atoms with Crippen LogP contribution in [0.1, 0.15) is 31.4 Å². The zero-order chi connectivity index (χ0) is 13.1. The third-order valence-corrected chi connectivity index (χ3v) is 3.98. The molecule has 1 atom stereocenters. The summed E-state index contributed by atoms with van der Waals surface area (Å²) in [6.45, 7) is 3.44. The van der Waals surface area contributed by atoms with Gasteiger partial charge in [0.25, 0.3) is 0 Å². The van der Waals surface area contributed by atoms with E-state index in [4.69, 9.17) is 4.74 Å². The van der Waals surface area contributed by atoms with Crippen molar-refractivity contribution in [2.75, 3.05) is 25.2 Å². The molecular formula is C14H20BrNO2. The first-order valence-electron chi connectivity index (χ1n) is 6.36. The van der Waals surface area contributed by atoms with Gasteiger partial charge >= 0.3 is 0 Å². The Morgan fingerprint density at radius 3 is 2.72 bits per heavy atom. The number of aliphatic hydroxyl groups is 1. The number of hydrogen-bond donors (Lipinski definition) is 1. The van der Waals surface area contributed by atoms with Gasteiger partial charge < -0.3 is 14.7 Å². The Bertz CT molecular complexity index is 405. The van der Waals surface area contributed by atoms with Gasteiger partial charge in [0.1, 0.15) is 0 Å². The number of rotatable bonds is 6. The van der Waals surface area contributed by atoms with Gasteiger partial charge in [0.05, 0.1) is 12.7 Å². The summed E-state index contributed by atoms with van der Waals surface area (Å²) < 4.78 is 6.14. The molecule has 1 aromatic rings. The van der Waals surface area contributed by atoms with E-state index in [1.54, 1.807) is 14.0 Å². The van der Waals surface area contributed by atoms with Crippen molar-refractivity contribution in [3.05, 3.63) is 28.2 Å². The van der Waals surface area contributed by atoms with Gasteiger partial charge in [0, 0.05) is 29.9 Å². The highest BCUT2D eigenvalue weighted by molar-refractivity contribution is 9.10.